The first-order valence-electron chi connectivity index (χ1n) is 8.76. The van der Waals surface area contributed by atoms with Crippen LogP contribution in [0.5, 0.6) is 0 Å². The molecule has 0 aliphatic carbocycles. The SMILES string of the molecule is CN(C(=O)OC(C)(C)C)[C@H]1CCCN(c2cnc3ccccc3n2)C1. The number of likely N-dealkylation sites (N-methyl/N-ethyl adjacent to an activating group) is 1. The number of ether oxygens (including phenoxy) is 1. The van der Waals surface area contributed by atoms with Gasteiger partial charge in [0.25, 0.3) is 0 Å². The summed E-state index contributed by atoms with van der Waals surface area (Å²) >= 11 is 0. The standard InChI is InChI=1S/C19H26N4O2/c1-19(2,3)25-18(24)22(4)14-8-7-11-23(13-14)17-12-20-15-9-5-6-10-16(15)21-17/h5-6,9-10,12,14H,7-8,11,13H2,1-4H3/t14-/m0/s1. The van der Waals surface area contributed by atoms with E-state index < -0.39 is 5.60 Å². The maximum Gasteiger partial charge on any atom is 0.410 e. The fourth-order valence-electron chi connectivity index (χ4n) is 3.06. The molecule has 3 rings (SSSR count). The number of carbonyl (C=O) groups excluding carboxylic acids is 1. The number of fused-ring (bicyclic) bond motifs is 1. The second-order valence-electron chi connectivity index (χ2n) is 7.55. The quantitative estimate of drug-likeness (QED) is 0.836. The highest BCUT2D eigenvalue weighted by Gasteiger charge is 2.29. The molecule has 25 heavy (non-hydrogen) atoms. The van der Waals surface area contributed by atoms with E-state index >= 15 is 0 Å². The summed E-state index contributed by atoms with van der Waals surface area (Å²) in [5.41, 5.74) is 1.30. The fourth-order valence-corrected chi connectivity index (χ4v) is 3.06. The molecule has 6 heteroatoms. The smallest absolute Gasteiger partial charge is 0.410 e. The van der Waals surface area contributed by atoms with E-state index in [1.54, 1.807) is 4.90 Å². The molecule has 2 aromatic rings. The van der Waals surface area contributed by atoms with Crippen LogP contribution in [0, 0.1) is 0 Å². The Labute approximate surface area is 148 Å². The summed E-state index contributed by atoms with van der Waals surface area (Å²) in [6, 6.07) is 7.97. The van der Waals surface area contributed by atoms with Gasteiger partial charge in [0.1, 0.15) is 11.4 Å². The third-order valence-corrected chi connectivity index (χ3v) is 4.39. The van der Waals surface area contributed by atoms with E-state index in [9.17, 15) is 4.79 Å². The summed E-state index contributed by atoms with van der Waals surface area (Å²) in [6.07, 6.45) is 3.52. The van der Waals surface area contributed by atoms with Gasteiger partial charge in [-0.15, -0.1) is 0 Å². The maximum atomic E-state index is 12.3. The van der Waals surface area contributed by atoms with E-state index in [-0.39, 0.29) is 12.1 Å². The number of para-hydroxylation sites is 2. The van der Waals surface area contributed by atoms with Gasteiger partial charge >= 0.3 is 6.09 Å². The maximum absolute atomic E-state index is 12.3. The molecule has 0 radical (unpaired) electrons. The van der Waals surface area contributed by atoms with Gasteiger partial charge in [0.2, 0.25) is 0 Å². The van der Waals surface area contributed by atoms with Crippen molar-refractivity contribution in [1.29, 1.82) is 0 Å². The van der Waals surface area contributed by atoms with Crippen LogP contribution in [0.25, 0.3) is 11.0 Å². The van der Waals surface area contributed by atoms with Gasteiger partial charge in [0.15, 0.2) is 0 Å². The van der Waals surface area contributed by atoms with Gasteiger partial charge in [0, 0.05) is 20.1 Å². The summed E-state index contributed by atoms with van der Waals surface area (Å²) in [7, 11) is 1.81. The zero-order valence-electron chi connectivity index (χ0n) is 15.4. The Kier molecular flexibility index (Phi) is 4.79. The van der Waals surface area contributed by atoms with Crippen molar-refractivity contribution in [3.63, 3.8) is 0 Å². The third kappa shape index (κ3) is 4.18. The van der Waals surface area contributed by atoms with Crippen molar-refractivity contribution in [2.75, 3.05) is 25.0 Å². The molecule has 1 saturated heterocycles. The zero-order chi connectivity index (χ0) is 18.0. The minimum Gasteiger partial charge on any atom is -0.444 e. The van der Waals surface area contributed by atoms with Gasteiger partial charge in [-0.25, -0.2) is 9.78 Å². The van der Waals surface area contributed by atoms with Crippen molar-refractivity contribution in [3.8, 4) is 0 Å². The van der Waals surface area contributed by atoms with E-state index in [2.05, 4.69) is 9.88 Å². The Morgan fingerprint density at radius 2 is 2.00 bits per heavy atom. The predicted molar refractivity (Wildman–Crippen MR) is 98.8 cm³/mol. The molecule has 2 heterocycles. The van der Waals surface area contributed by atoms with Crippen molar-refractivity contribution in [2.45, 2.75) is 45.3 Å². The van der Waals surface area contributed by atoms with E-state index in [1.165, 1.54) is 0 Å². The van der Waals surface area contributed by atoms with Gasteiger partial charge in [-0.3, -0.25) is 4.98 Å². The van der Waals surface area contributed by atoms with Crippen LogP contribution < -0.4 is 4.90 Å². The Balaban J connectivity index is 1.72. The second kappa shape index (κ2) is 6.86. The van der Waals surface area contributed by atoms with Gasteiger partial charge < -0.3 is 14.5 Å². The molecular formula is C19H26N4O2. The average Bonchev–Trinajstić information content (AvgIpc) is 2.59. The Morgan fingerprint density at radius 3 is 2.72 bits per heavy atom. The number of anilines is 1. The van der Waals surface area contributed by atoms with Crippen molar-refractivity contribution < 1.29 is 9.53 Å². The monoisotopic (exact) mass is 342 g/mol. The Morgan fingerprint density at radius 1 is 1.28 bits per heavy atom. The van der Waals surface area contributed by atoms with Crippen LogP contribution in [-0.2, 0) is 4.74 Å². The molecule has 1 amide bonds. The lowest BCUT2D eigenvalue weighted by atomic mass is 10.0. The van der Waals surface area contributed by atoms with Crippen molar-refractivity contribution in [3.05, 3.63) is 30.5 Å². The molecule has 6 nitrogen and oxygen atoms in total. The number of piperidine rings is 1. The number of carbonyl (C=O) groups is 1. The second-order valence-corrected chi connectivity index (χ2v) is 7.55. The molecule has 0 saturated carbocycles. The number of aromatic nitrogens is 2. The number of hydrogen-bond donors (Lipinski definition) is 0. The van der Waals surface area contributed by atoms with Crippen molar-refractivity contribution in [2.24, 2.45) is 0 Å². The lowest BCUT2D eigenvalue weighted by Crippen LogP contribution is -2.50. The highest BCUT2D eigenvalue weighted by molar-refractivity contribution is 5.75. The minimum atomic E-state index is -0.483. The van der Waals surface area contributed by atoms with Gasteiger partial charge in [0.05, 0.1) is 23.3 Å². The van der Waals surface area contributed by atoms with Crippen LogP contribution in [0.1, 0.15) is 33.6 Å². The van der Waals surface area contributed by atoms with Crippen molar-refractivity contribution in [1.82, 2.24) is 14.9 Å². The minimum absolute atomic E-state index is 0.108. The molecule has 0 spiro atoms. The number of amides is 1. The van der Waals surface area contributed by atoms with Gasteiger partial charge in [-0.1, -0.05) is 12.1 Å². The molecule has 1 aliphatic rings. The van der Waals surface area contributed by atoms with Gasteiger partial charge in [-0.05, 0) is 45.7 Å². The topological polar surface area (TPSA) is 58.6 Å². The van der Waals surface area contributed by atoms with Crippen LogP contribution >= 0.6 is 0 Å². The molecule has 134 valence electrons. The summed E-state index contributed by atoms with van der Waals surface area (Å²) in [4.78, 5) is 25.5. The first-order chi connectivity index (χ1) is 11.8. The van der Waals surface area contributed by atoms with E-state index in [0.717, 1.165) is 42.8 Å². The van der Waals surface area contributed by atoms with Crippen LogP contribution in [-0.4, -0.2) is 52.7 Å². The Bertz CT molecular complexity index is 756. The number of nitrogens with zero attached hydrogens (tertiary/aromatic N) is 4. The molecule has 1 aromatic heterocycles. The molecule has 1 aromatic carbocycles. The normalized spacial score (nSPS) is 18.2. The van der Waals surface area contributed by atoms with Crippen LogP contribution in [0.15, 0.2) is 30.5 Å². The molecule has 1 aliphatic heterocycles. The highest BCUT2D eigenvalue weighted by atomic mass is 16.6. The Hall–Kier alpha value is -2.37. The highest BCUT2D eigenvalue weighted by Crippen LogP contribution is 2.23. The lowest BCUT2D eigenvalue weighted by Gasteiger charge is -2.38. The first-order valence-corrected chi connectivity index (χ1v) is 8.76. The fraction of sp³-hybridized carbons (Fsp3) is 0.526. The lowest BCUT2D eigenvalue weighted by molar-refractivity contribution is 0.0209. The predicted octanol–water partition coefficient (Wildman–Crippen LogP) is 3.47. The molecule has 0 unspecified atom stereocenters. The first kappa shape index (κ1) is 17.5. The van der Waals surface area contributed by atoms with Gasteiger partial charge in [-0.2, -0.15) is 0 Å². The molecular weight excluding hydrogens is 316 g/mol. The summed E-state index contributed by atoms with van der Waals surface area (Å²) in [5.74, 6) is 0.862. The van der Waals surface area contributed by atoms with E-state index in [1.807, 2.05) is 58.3 Å². The number of rotatable bonds is 2. The average molecular weight is 342 g/mol. The van der Waals surface area contributed by atoms with Crippen LogP contribution in [0.2, 0.25) is 0 Å². The summed E-state index contributed by atoms with van der Waals surface area (Å²) < 4.78 is 5.49. The molecule has 0 N–H and O–H groups in total. The van der Waals surface area contributed by atoms with E-state index in [0.29, 0.717) is 0 Å². The van der Waals surface area contributed by atoms with E-state index in [4.69, 9.17) is 9.72 Å². The zero-order valence-corrected chi connectivity index (χ0v) is 15.4. The summed E-state index contributed by atoms with van der Waals surface area (Å²) in [6.45, 7) is 7.32. The third-order valence-electron chi connectivity index (χ3n) is 4.39. The van der Waals surface area contributed by atoms with Crippen LogP contribution in [0.4, 0.5) is 10.6 Å². The van der Waals surface area contributed by atoms with Crippen LogP contribution in [0.3, 0.4) is 0 Å². The largest absolute Gasteiger partial charge is 0.444 e. The molecule has 1 atom stereocenters. The molecule has 1 fully saturated rings. The van der Waals surface area contributed by atoms with Crippen molar-refractivity contribution >= 4 is 22.9 Å². The number of hydrogen-bond acceptors (Lipinski definition) is 5. The number of benzene rings is 1. The summed E-state index contributed by atoms with van der Waals surface area (Å²) in [5, 5.41) is 0. The molecule has 0 bridgehead atoms.